The third-order valence-electron chi connectivity index (χ3n) is 4.54. The number of rotatable bonds is 12. The smallest absolute Gasteiger partial charge is 0.122 e. The fourth-order valence-electron chi connectivity index (χ4n) is 3.13. The third kappa shape index (κ3) is 7.20. The lowest BCUT2D eigenvalue weighted by atomic mass is 9.93. The second kappa shape index (κ2) is 11.4. The molecule has 0 aliphatic carbocycles. The van der Waals surface area contributed by atoms with Gasteiger partial charge in [-0.25, -0.2) is 0 Å². The molecule has 0 saturated heterocycles. The van der Waals surface area contributed by atoms with Crippen LogP contribution in [0.2, 0.25) is 0 Å². The molecule has 0 aliphatic rings. The first-order valence-corrected chi connectivity index (χ1v) is 9.17. The number of hydrogen-bond donors (Lipinski definition) is 2. The molecule has 1 atom stereocenters. The van der Waals surface area contributed by atoms with Crippen molar-refractivity contribution in [1.82, 2.24) is 0 Å². The third-order valence-corrected chi connectivity index (χ3v) is 4.54. The normalized spacial score (nSPS) is 12.5. The Morgan fingerprint density at radius 1 is 0.773 bits per heavy atom. The van der Waals surface area contributed by atoms with Gasteiger partial charge < -0.3 is 10.2 Å². The zero-order chi connectivity index (χ0) is 16.2. The minimum absolute atomic E-state index is 0.218. The largest absolute Gasteiger partial charge is 0.508 e. The van der Waals surface area contributed by atoms with Crippen LogP contribution in [0.15, 0.2) is 18.2 Å². The molecule has 1 aromatic rings. The van der Waals surface area contributed by atoms with Crippen LogP contribution >= 0.6 is 0 Å². The molecular weight excluding hydrogens is 272 g/mol. The summed E-state index contributed by atoms with van der Waals surface area (Å²) >= 11 is 0. The van der Waals surface area contributed by atoms with E-state index in [4.69, 9.17) is 0 Å². The average molecular weight is 306 g/mol. The predicted octanol–water partition coefficient (Wildman–Crippen LogP) is 6.51. The van der Waals surface area contributed by atoms with Crippen molar-refractivity contribution in [3.63, 3.8) is 0 Å². The van der Waals surface area contributed by atoms with Crippen LogP contribution < -0.4 is 0 Å². The molecule has 0 bridgehead atoms. The first-order chi connectivity index (χ1) is 10.7. The van der Waals surface area contributed by atoms with Gasteiger partial charge in [0.15, 0.2) is 0 Å². The van der Waals surface area contributed by atoms with Crippen molar-refractivity contribution in [3.8, 4) is 11.5 Å². The van der Waals surface area contributed by atoms with Gasteiger partial charge in [-0.1, -0.05) is 84.1 Å². The molecule has 1 rings (SSSR count). The molecule has 2 nitrogen and oxygen atoms in total. The van der Waals surface area contributed by atoms with Gasteiger partial charge in [-0.05, 0) is 24.5 Å². The Morgan fingerprint density at radius 3 is 1.73 bits per heavy atom. The molecule has 0 spiro atoms. The van der Waals surface area contributed by atoms with Crippen LogP contribution in [0.3, 0.4) is 0 Å². The molecule has 22 heavy (non-hydrogen) atoms. The lowest BCUT2D eigenvalue weighted by Crippen LogP contribution is -1.95. The predicted molar refractivity (Wildman–Crippen MR) is 94.6 cm³/mol. The van der Waals surface area contributed by atoms with Crippen molar-refractivity contribution in [3.05, 3.63) is 23.8 Å². The average Bonchev–Trinajstić information content (AvgIpc) is 2.49. The van der Waals surface area contributed by atoms with Crippen LogP contribution in [0.1, 0.15) is 96.0 Å². The molecule has 1 unspecified atom stereocenters. The monoisotopic (exact) mass is 306 g/mol. The van der Waals surface area contributed by atoms with Crippen molar-refractivity contribution in [2.24, 2.45) is 0 Å². The first-order valence-electron chi connectivity index (χ1n) is 9.17. The summed E-state index contributed by atoms with van der Waals surface area (Å²) in [6.45, 7) is 4.35. The summed E-state index contributed by atoms with van der Waals surface area (Å²) in [6, 6.07) is 5.00. The molecular formula is C20H34O2. The molecule has 1 aromatic carbocycles. The Bertz CT molecular complexity index is 380. The topological polar surface area (TPSA) is 40.5 Å². The van der Waals surface area contributed by atoms with Gasteiger partial charge in [0.25, 0.3) is 0 Å². The van der Waals surface area contributed by atoms with Crippen LogP contribution in [0.4, 0.5) is 0 Å². The SMILES string of the molecule is CCCCCCCCCCCCC(C)c1c(O)cccc1O. The van der Waals surface area contributed by atoms with Crippen LogP contribution in [-0.4, -0.2) is 10.2 Å². The van der Waals surface area contributed by atoms with Crippen LogP contribution in [0, 0.1) is 0 Å². The summed E-state index contributed by atoms with van der Waals surface area (Å²) in [5.41, 5.74) is 0.707. The molecule has 2 N–H and O–H groups in total. The van der Waals surface area contributed by atoms with E-state index in [1.165, 1.54) is 64.2 Å². The van der Waals surface area contributed by atoms with Gasteiger partial charge in [0.2, 0.25) is 0 Å². The minimum atomic E-state index is 0.218. The standard InChI is InChI=1S/C20H34O2/c1-3-4-5-6-7-8-9-10-11-12-14-17(2)20-18(21)15-13-16-19(20)22/h13,15-17,21-22H,3-12,14H2,1-2H3. The van der Waals surface area contributed by atoms with Crippen LogP contribution in [0.5, 0.6) is 11.5 Å². The second-order valence-corrected chi connectivity index (χ2v) is 6.58. The zero-order valence-corrected chi connectivity index (χ0v) is 14.5. The van der Waals surface area contributed by atoms with E-state index in [1.54, 1.807) is 18.2 Å². The highest BCUT2D eigenvalue weighted by Gasteiger charge is 2.14. The summed E-state index contributed by atoms with van der Waals surface area (Å²) in [6.07, 6.45) is 14.4. The number of phenols is 2. The summed E-state index contributed by atoms with van der Waals surface area (Å²) in [5, 5.41) is 19.7. The summed E-state index contributed by atoms with van der Waals surface area (Å²) in [4.78, 5) is 0. The molecule has 0 fully saturated rings. The fourth-order valence-corrected chi connectivity index (χ4v) is 3.13. The van der Waals surface area contributed by atoms with Gasteiger partial charge >= 0.3 is 0 Å². The Labute approximate surface area is 136 Å². The second-order valence-electron chi connectivity index (χ2n) is 6.58. The van der Waals surface area contributed by atoms with Gasteiger partial charge in [0, 0.05) is 5.56 Å². The molecule has 0 saturated carbocycles. The quantitative estimate of drug-likeness (QED) is 0.432. The maximum Gasteiger partial charge on any atom is 0.122 e. The van der Waals surface area contributed by atoms with Gasteiger partial charge in [0.1, 0.15) is 11.5 Å². The van der Waals surface area contributed by atoms with Crippen molar-refractivity contribution in [2.45, 2.75) is 90.4 Å². The first kappa shape index (κ1) is 18.9. The van der Waals surface area contributed by atoms with Gasteiger partial charge in [0.05, 0.1) is 0 Å². The van der Waals surface area contributed by atoms with E-state index in [9.17, 15) is 10.2 Å². The number of benzene rings is 1. The van der Waals surface area contributed by atoms with E-state index in [-0.39, 0.29) is 17.4 Å². The lowest BCUT2D eigenvalue weighted by Gasteiger charge is -2.15. The molecule has 2 heteroatoms. The van der Waals surface area contributed by atoms with Crippen molar-refractivity contribution >= 4 is 0 Å². The maximum atomic E-state index is 9.86. The molecule has 0 aromatic heterocycles. The number of phenolic OH excluding ortho intramolecular Hbond substituents is 2. The van der Waals surface area contributed by atoms with Gasteiger partial charge in [-0.15, -0.1) is 0 Å². The van der Waals surface area contributed by atoms with E-state index >= 15 is 0 Å². The number of unbranched alkanes of at least 4 members (excludes halogenated alkanes) is 9. The maximum absolute atomic E-state index is 9.86. The fraction of sp³-hybridized carbons (Fsp3) is 0.700. The van der Waals surface area contributed by atoms with Crippen LogP contribution in [-0.2, 0) is 0 Å². The zero-order valence-electron chi connectivity index (χ0n) is 14.5. The van der Waals surface area contributed by atoms with E-state index in [0.717, 1.165) is 6.42 Å². The van der Waals surface area contributed by atoms with Gasteiger partial charge in [-0.3, -0.25) is 0 Å². The minimum Gasteiger partial charge on any atom is -0.508 e. The summed E-state index contributed by atoms with van der Waals surface area (Å²) in [5.74, 6) is 0.661. The summed E-state index contributed by atoms with van der Waals surface area (Å²) in [7, 11) is 0. The highest BCUT2D eigenvalue weighted by molar-refractivity contribution is 5.45. The highest BCUT2D eigenvalue weighted by Crippen LogP contribution is 2.36. The van der Waals surface area contributed by atoms with Crippen molar-refractivity contribution in [1.29, 1.82) is 0 Å². The Balaban J connectivity index is 2.07. The molecule has 0 heterocycles. The van der Waals surface area contributed by atoms with Crippen molar-refractivity contribution in [2.75, 3.05) is 0 Å². The van der Waals surface area contributed by atoms with Crippen molar-refractivity contribution < 1.29 is 10.2 Å². The Hall–Kier alpha value is -1.18. The van der Waals surface area contributed by atoms with Gasteiger partial charge in [-0.2, -0.15) is 0 Å². The number of aromatic hydroxyl groups is 2. The number of hydrogen-bond acceptors (Lipinski definition) is 2. The Kier molecular flexibility index (Phi) is 9.77. The molecule has 0 amide bonds. The van der Waals surface area contributed by atoms with E-state index in [2.05, 4.69) is 13.8 Å². The highest BCUT2D eigenvalue weighted by atomic mass is 16.3. The molecule has 126 valence electrons. The van der Waals surface area contributed by atoms with E-state index in [1.807, 2.05) is 0 Å². The van der Waals surface area contributed by atoms with E-state index in [0.29, 0.717) is 5.56 Å². The Morgan fingerprint density at radius 2 is 1.23 bits per heavy atom. The molecule has 0 radical (unpaired) electrons. The summed E-state index contributed by atoms with van der Waals surface area (Å²) < 4.78 is 0. The lowest BCUT2D eigenvalue weighted by molar-refractivity contribution is 0.424. The van der Waals surface area contributed by atoms with E-state index < -0.39 is 0 Å². The van der Waals surface area contributed by atoms with Crippen LogP contribution in [0.25, 0.3) is 0 Å². The molecule has 0 aliphatic heterocycles.